The Kier molecular flexibility index (Phi) is 5.78. The lowest BCUT2D eigenvalue weighted by Crippen LogP contribution is -2.19. The number of alkyl halides is 3. The highest BCUT2D eigenvalue weighted by molar-refractivity contribution is 7.89. The number of pyridine rings is 1. The summed E-state index contributed by atoms with van der Waals surface area (Å²) in [6.45, 7) is 2.32. The lowest BCUT2D eigenvalue weighted by molar-refractivity contribution is -0.137. The van der Waals surface area contributed by atoms with E-state index in [9.17, 15) is 21.6 Å². The molecule has 1 rings (SSSR count). The second-order valence-corrected chi connectivity index (χ2v) is 6.04. The summed E-state index contributed by atoms with van der Waals surface area (Å²) in [7, 11) is -3.58. The van der Waals surface area contributed by atoms with E-state index >= 15 is 0 Å². The summed E-state index contributed by atoms with van der Waals surface area (Å²) < 4.78 is 59.7. The van der Waals surface area contributed by atoms with Gasteiger partial charge in [0.05, 0.1) is 11.3 Å². The number of nitrogens with zero attached hydrogens (tertiary/aromatic N) is 1. The molecule has 120 valence electrons. The van der Waals surface area contributed by atoms with Crippen LogP contribution in [0.4, 0.5) is 24.8 Å². The van der Waals surface area contributed by atoms with Gasteiger partial charge in [-0.3, -0.25) is 0 Å². The number of aromatic nitrogens is 1. The van der Waals surface area contributed by atoms with Crippen molar-refractivity contribution < 1.29 is 21.6 Å². The molecular weight excluding hydrogens is 309 g/mol. The molecule has 1 heterocycles. The van der Waals surface area contributed by atoms with Gasteiger partial charge in [0.2, 0.25) is 10.0 Å². The molecule has 10 heteroatoms. The van der Waals surface area contributed by atoms with Crippen molar-refractivity contribution in [3.8, 4) is 0 Å². The third-order valence-corrected chi connectivity index (χ3v) is 3.28. The first-order valence-corrected chi connectivity index (χ1v) is 7.91. The molecule has 4 N–H and O–H groups in total. The first-order chi connectivity index (χ1) is 9.62. The number of hydrogen-bond donors (Lipinski definition) is 3. The zero-order chi connectivity index (χ0) is 16.1. The minimum Gasteiger partial charge on any atom is -0.370 e. The van der Waals surface area contributed by atoms with Crippen molar-refractivity contribution in [2.24, 2.45) is 5.14 Å². The van der Waals surface area contributed by atoms with Crippen LogP contribution >= 0.6 is 0 Å². The molecule has 0 saturated carbocycles. The molecule has 0 atom stereocenters. The number of sulfonamides is 1. The molecule has 0 aliphatic heterocycles. The van der Waals surface area contributed by atoms with E-state index in [0.29, 0.717) is 6.54 Å². The number of hydrogen-bond acceptors (Lipinski definition) is 5. The standard InChI is InChI=1S/C11H17F3N4O2S/c1-2-16-9-6-8(11(12,13)14)7-10(18-9)17-4-3-5-21(15,19)20/h6-7H,2-5H2,1H3,(H2,15,19,20)(H2,16,17,18). The third kappa shape index (κ3) is 6.63. The lowest BCUT2D eigenvalue weighted by Gasteiger charge is -2.13. The lowest BCUT2D eigenvalue weighted by atomic mass is 10.2. The van der Waals surface area contributed by atoms with Crippen LogP contribution in [0.5, 0.6) is 0 Å². The maximum atomic E-state index is 12.8. The molecule has 0 spiro atoms. The fourth-order valence-electron chi connectivity index (χ4n) is 1.55. The SMILES string of the molecule is CCNc1cc(C(F)(F)F)cc(NCCCS(N)(=O)=O)n1. The Morgan fingerprint density at radius 1 is 1.24 bits per heavy atom. The topological polar surface area (TPSA) is 97.1 Å². The van der Waals surface area contributed by atoms with Crippen LogP contribution in [0.15, 0.2) is 12.1 Å². The van der Waals surface area contributed by atoms with Gasteiger partial charge in [-0.2, -0.15) is 13.2 Å². The van der Waals surface area contributed by atoms with E-state index in [1.54, 1.807) is 6.92 Å². The average Bonchev–Trinajstić information content (AvgIpc) is 2.33. The van der Waals surface area contributed by atoms with Gasteiger partial charge in [0.1, 0.15) is 11.6 Å². The van der Waals surface area contributed by atoms with Gasteiger partial charge < -0.3 is 10.6 Å². The number of primary sulfonamides is 1. The molecule has 0 bridgehead atoms. The zero-order valence-electron chi connectivity index (χ0n) is 11.4. The Morgan fingerprint density at radius 2 is 1.81 bits per heavy atom. The van der Waals surface area contributed by atoms with Gasteiger partial charge in [-0.25, -0.2) is 18.5 Å². The number of anilines is 2. The Labute approximate surface area is 121 Å². The first kappa shape index (κ1) is 17.5. The van der Waals surface area contributed by atoms with Crippen LogP contribution in [0.3, 0.4) is 0 Å². The summed E-state index contributed by atoms with van der Waals surface area (Å²) in [5.74, 6) is -0.129. The number of nitrogens with one attached hydrogen (secondary N) is 2. The predicted molar refractivity (Wildman–Crippen MR) is 74.5 cm³/mol. The molecular formula is C11H17F3N4O2S. The summed E-state index contributed by atoms with van der Waals surface area (Å²) in [6.07, 6.45) is -4.31. The van der Waals surface area contributed by atoms with Gasteiger partial charge in [-0.15, -0.1) is 0 Å². The van der Waals surface area contributed by atoms with Crippen molar-refractivity contribution in [2.75, 3.05) is 29.5 Å². The van der Waals surface area contributed by atoms with Crippen LogP contribution in [0.25, 0.3) is 0 Å². The Bertz CT molecular complexity index is 575. The van der Waals surface area contributed by atoms with Crippen molar-refractivity contribution in [1.82, 2.24) is 4.98 Å². The van der Waals surface area contributed by atoms with Crippen LogP contribution in [-0.2, 0) is 16.2 Å². The first-order valence-electron chi connectivity index (χ1n) is 6.19. The molecule has 0 amide bonds. The number of halogens is 3. The highest BCUT2D eigenvalue weighted by Crippen LogP contribution is 2.32. The van der Waals surface area contributed by atoms with E-state index < -0.39 is 21.8 Å². The monoisotopic (exact) mass is 326 g/mol. The largest absolute Gasteiger partial charge is 0.416 e. The molecule has 6 nitrogen and oxygen atoms in total. The van der Waals surface area contributed by atoms with Gasteiger partial charge in [0, 0.05) is 13.1 Å². The zero-order valence-corrected chi connectivity index (χ0v) is 12.2. The Hall–Kier alpha value is -1.55. The van der Waals surface area contributed by atoms with Gasteiger partial charge in [-0.05, 0) is 25.5 Å². The average molecular weight is 326 g/mol. The van der Waals surface area contributed by atoms with E-state index in [1.165, 1.54) is 0 Å². The van der Waals surface area contributed by atoms with Gasteiger partial charge in [-0.1, -0.05) is 0 Å². The van der Waals surface area contributed by atoms with Crippen LogP contribution in [0.1, 0.15) is 18.9 Å². The summed E-state index contributed by atoms with van der Waals surface area (Å²) >= 11 is 0. The fourth-order valence-corrected chi connectivity index (χ4v) is 2.09. The van der Waals surface area contributed by atoms with E-state index in [2.05, 4.69) is 15.6 Å². The van der Waals surface area contributed by atoms with Crippen LogP contribution in [-0.4, -0.2) is 32.2 Å². The normalized spacial score (nSPS) is 12.2. The fraction of sp³-hybridized carbons (Fsp3) is 0.545. The van der Waals surface area contributed by atoms with Crippen molar-refractivity contribution >= 4 is 21.7 Å². The van der Waals surface area contributed by atoms with Crippen LogP contribution < -0.4 is 15.8 Å². The second-order valence-electron chi connectivity index (χ2n) is 4.30. The molecule has 0 aliphatic rings. The third-order valence-electron chi connectivity index (χ3n) is 2.42. The molecule has 21 heavy (non-hydrogen) atoms. The van der Waals surface area contributed by atoms with E-state index in [0.717, 1.165) is 12.1 Å². The van der Waals surface area contributed by atoms with Gasteiger partial charge in [0.25, 0.3) is 0 Å². The molecule has 1 aromatic rings. The number of nitrogens with two attached hydrogens (primary N) is 1. The summed E-state index contributed by atoms with van der Waals surface area (Å²) in [5.41, 5.74) is -0.831. The Balaban J connectivity index is 2.78. The summed E-state index contributed by atoms with van der Waals surface area (Å²) in [6, 6.07) is 1.79. The van der Waals surface area contributed by atoms with Crippen molar-refractivity contribution in [3.63, 3.8) is 0 Å². The Morgan fingerprint density at radius 3 is 2.29 bits per heavy atom. The highest BCUT2D eigenvalue weighted by Gasteiger charge is 2.31. The molecule has 0 saturated heterocycles. The maximum absolute atomic E-state index is 12.8. The van der Waals surface area contributed by atoms with Gasteiger partial charge in [0.15, 0.2) is 0 Å². The summed E-state index contributed by atoms with van der Waals surface area (Å²) in [4.78, 5) is 3.97. The molecule has 0 fully saturated rings. The van der Waals surface area contributed by atoms with Crippen molar-refractivity contribution in [1.29, 1.82) is 0 Å². The van der Waals surface area contributed by atoms with Gasteiger partial charge >= 0.3 is 6.18 Å². The smallest absolute Gasteiger partial charge is 0.370 e. The molecule has 0 aromatic carbocycles. The molecule has 0 unspecified atom stereocenters. The molecule has 0 aliphatic carbocycles. The number of rotatable bonds is 7. The summed E-state index contributed by atoms with van der Waals surface area (Å²) in [5, 5.41) is 10.2. The van der Waals surface area contributed by atoms with Crippen LogP contribution in [0.2, 0.25) is 0 Å². The maximum Gasteiger partial charge on any atom is 0.416 e. The van der Waals surface area contributed by atoms with Crippen molar-refractivity contribution in [2.45, 2.75) is 19.5 Å². The van der Waals surface area contributed by atoms with E-state index in [4.69, 9.17) is 5.14 Å². The van der Waals surface area contributed by atoms with Crippen LogP contribution in [0, 0.1) is 0 Å². The quantitative estimate of drug-likeness (QED) is 0.662. The van der Waals surface area contributed by atoms with E-state index in [1.807, 2.05) is 0 Å². The minimum atomic E-state index is -4.48. The highest BCUT2D eigenvalue weighted by atomic mass is 32.2. The predicted octanol–water partition coefficient (Wildman–Crippen LogP) is 1.62. The molecule has 0 radical (unpaired) electrons. The van der Waals surface area contributed by atoms with Crippen molar-refractivity contribution in [3.05, 3.63) is 17.7 Å². The minimum absolute atomic E-state index is 0.0233. The second kappa shape index (κ2) is 6.94. The molecule has 1 aromatic heterocycles. The van der Waals surface area contributed by atoms with E-state index in [-0.39, 0.29) is 30.4 Å².